The Morgan fingerprint density at radius 3 is 2.67 bits per heavy atom. The van der Waals surface area contributed by atoms with Crippen LogP contribution in [0.3, 0.4) is 0 Å². The highest BCUT2D eigenvalue weighted by Crippen LogP contribution is 1.96. The predicted molar refractivity (Wildman–Crippen MR) is 33.1 cm³/mol. The smallest absolute Gasteiger partial charge is 0.0920 e. The molecule has 0 aromatic rings. The average Bonchev–Trinajstić information content (AvgIpc) is 1.88. The lowest BCUT2D eigenvalue weighted by atomic mass is 10.3. The van der Waals surface area contributed by atoms with Gasteiger partial charge in [0.2, 0.25) is 0 Å². The van der Waals surface area contributed by atoms with Crippen LogP contribution in [0.1, 0.15) is 13.3 Å². The van der Waals surface area contributed by atoms with Gasteiger partial charge in [0.25, 0.3) is 0 Å². The quantitative estimate of drug-likeness (QED) is 0.604. The summed E-state index contributed by atoms with van der Waals surface area (Å²) in [5.41, 5.74) is 0. The number of hydrogen-bond donors (Lipinski definition) is 1. The maximum Gasteiger partial charge on any atom is 0.0920 e. The Labute approximate surface area is 54.6 Å². The number of alkyl halides is 1. The van der Waals surface area contributed by atoms with Gasteiger partial charge in [-0.3, -0.25) is 4.39 Å². The lowest BCUT2D eigenvalue weighted by Gasteiger charge is -2.10. The van der Waals surface area contributed by atoms with Gasteiger partial charge in [-0.2, -0.15) is 0 Å². The van der Waals surface area contributed by atoms with Crippen LogP contribution in [0.2, 0.25) is 0 Å². The van der Waals surface area contributed by atoms with Crippen molar-refractivity contribution in [2.45, 2.75) is 19.4 Å². The number of hydrogen-bond acceptors (Lipinski definition) is 2. The van der Waals surface area contributed by atoms with Crippen LogP contribution in [0.4, 0.5) is 4.39 Å². The van der Waals surface area contributed by atoms with E-state index in [1.807, 2.05) is 6.92 Å². The minimum Gasteiger partial charge on any atom is -0.394 e. The van der Waals surface area contributed by atoms with Gasteiger partial charge in [0.15, 0.2) is 0 Å². The van der Waals surface area contributed by atoms with E-state index >= 15 is 0 Å². The van der Waals surface area contributed by atoms with Crippen LogP contribution < -0.4 is 0 Å². The molecule has 1 atom stereocenters. The molecular formula is C6H13FO2. The molecule has 0 saturated carbocycles. The molecule has 0 radical (unpaired) electrons. The zero-order valence-corrected chi connectivity index (χ0v) is 5.64. The van der Waals surface area contributed by atoms with Gasteiger partial charge in [0, 0.05) is 13.0 Å². The molecule has 0 heterocycles. The van der Waals surface area contributed by atoms with Crippen LogP contribution in [0.15, 0.2) is 0 Å². The van der Waals surface area contributed by atoms with E-state index in [9.17, 15) is 4.39 Å². The third-order valence-electron chi connectivity index (χ3n) is 1.04. The summed E-state index contributed by atoms with van der Waals surface area (Å²) in [4.78, 5) is 0. The van der Waals surface area contributed by atoms with Crippen LogP contribution >= 0.6 is 0 Å². The maximum atomic E-state index is 11.6. The van der Waals surface area contributed by atoms with Gasteiger partial charge >= 0.3 is 0 Å². The minimum absolute atomic E-state index is 0.0856. The van der Waals surface area contributed by atoms with E-state index in [1.165, 1.54) is 0 Å². The normalized spacial score (nSPS) is 13.7. The van der Waals surface area contributed by atoms with Gasteiger partial charge in [-0.15, -0.1) is 0 Å². The molecule has 0 fully saturated rings. The van der Waals surface area contributed by atoms with Gasteiger partial charge in [-0.25, -0.2) is 0 Å². The highest BCUT2D eigenvalue weighted by Gasteiger charge is 2.04. The summed E-state index contributed by atoms with van der Waals surface area (Å²) < 4.78 is 16.5. The first-order valence-corrected chi connectivity index (χ1v) is 3.13. The molecule has 0 aromatic heterocycles. The monoisotopic (exact) mass is 136 g/mol. The molecule has 0 saturated heterocycles. The highest BCUT2D eigenvalue weighted by molar-refractivity contribution is 4.53. The Balaban J connectivity index is 3.18. The van der Waals surface area contributed by atoms with Crippen molar-refractivity contribution >= 4 is 0 Å². The fourth-order valence-corrected chi connectivity index (χ4v) is 0.585. The van der Waals surface area contributed by atoms with E-state index < -0.39 is 6.67 Å². The Bertz CT molecular complexity index is 53.0. The van der Waals surface area contributed by atoms with E-state index in [1.54, 1.807) is 0 Å². The molecule has 0 aromatic carbocycles. The second kappa shape index (κ2) is 5.98. The second-order valence-electron chi connectivity index (χ2n) is 1.74. The Morgan fingerprint density at radius 2 is 2.33 bits per heavy atom. The third-order valence-corrected chi connectivity index (χ3v) is 1.04. The van der Waals surface area contributed by atoms with E-state index in [4.69, 9.17) is 9.84 Å². The molecule has 0 spiro atoms. The van der Waals surface area contributed by atoms with Crippen molar-refractivity contribution in [3.63, 3.8) is 0 Å². The number of aliphatic hydroxyl groups is 1. The fourth-order valence-electron chi connectivity index (χ4n) is 0.585. The number of rotatable bonds is 5. The summed E-state index contributed by atoms with van der Waals surface area (Å²) in [7, 11) is 0. The lowest BCUT2D eigenvalue weighted by molar-refractivity contribution is 0.0115. The zero-order chi connectivity index (χ0) is 7.11. The van der Waals surface area contributed by atoms with Crippen molar-refractivity contribution < 1.29 is 14.2 Å². The Kier molecular flexibility index (Phi) is 5.88. The van der Waals surface area contributed by atoms with Crippen LogP contribution in [-0.2, 0) is 4.74 Å². The highest BCUT2D eigenvalue weighted by atomic mass is 19.1. The van der Waals surface area contributed by atoms with Gasteiger partial charge in [0.05, 0.1) is 19.4 Å². The van der Waals surface area contributed by atoms with Crippen LogP contribution in [0, 0.1) is 0 Å². The van der Waals surface area contributed by atoms with Gasteiger partial charge < -0.3 is 9.84 Å². The summed E-state index contributed by atoms with van der Waals surface area (Å²) in [6.07, 6.45) is -0.00958. The number of halogens is 1. The summed E-state index contributed by atoms with van der Waals surface area (Å²) >= 11 is 0. The van der Waals surface area contributed by atoms with Crippen molar-refractivity contribution in [3.05, 3.63) is 0 Å². The summed E-state index contributed by atoms with van der Waals surface area (Å²) in [5, 5.41) is 8.50. The summed E-state index contributed by atoms with van der Waals surface area (Å²) in [5.74, 6) is 0. The Hall–Kier alpha value is -0.150. The van der Waals surface area contributed by atoms with Gasteiger partial charge in [0.1, 0.15) is 0 Å². The molecule has 0 amide bonds. The standard InChI is InChI=1S/C6H13FO2/c1-2-9-6(5-8)3-4-7/h6,8H,2-5H2,1H3/t6-/m0/s1. The minimum atomic E-state index is -0.425. The van der Waals surface area contributed by atoms with Crippen molar-refractivity contribution in [1.29, 1.82) is 0 Å². The number of ether oxygens (including phenoxy) is 1. The van der Waals surface area contributed by atoms with Crippen LogP contribution in [0.25, 0.3) is 0 Å². The van der Waals surface area contributed by atoms with E-state index in [-0.39, 0.29) is 12.7 Å². The second-order valence-corrected chi connectivity index (χ2v) is 1.74. The number of aliphatic hydroxyl groups excluding tert-OH is 1. The van der Waals surface area contributed by atoms with Gasteiger partial charge in [-0.05, 0) is 6.92 Å². The van der Waals surface area contributed by atoms with Crippen molar-refractivity contribution in [2.24, 2.45) is 0 Å². The predicted octanol–water partition coefficient (Wildman–Crippen LogP) is 0.743. The SMILES string of the molecule is CCO[C@H](CO)CCF. The molecule has 0 rings (SSSR count). The third kappa shape index (κ3) is 4.36. The molecule has 0 unspecified atom stereocenters. The van der Waals surface area contributed by atoms with Crippen molar-refractivity contribution in [2.75, 3.05) is 19.9 Å². The fraction of sp³-hybridized carbons (Fsp3) is 1.00. The Morgan fingerprint density at radius 1 is 1.67 bits per heavy atom. The van der Waals surface area contributed by atoms with Crippen LogP contribution in [0.5, 0.6) is 0 Å². The molecule has 0 aliphatic carbocycles. The van der Waals surface area contributed by atoms with E-state index in [0.717, 1.165) is 0 Å². The molecule has 1 N–H and O–H groups in total. The van der Waals surface area contributed by atoms with E-state index in [0.29, 0.717) is 13.0 Å². The lowest BCUT2D eigenvalue weighted by Crippen LogP contribution is -2.17. The maximum absolute atomic E-state index is 11.6. The first-order chi connectivity index (χ1) is 4.35. The van der Waals surface area contributed by atoms with Crippen LogP contribution in [-0.4, -0.2) is 31.1 Å². The van der Waals surface area contributed by atoms with E-state index in [2.05, 4.69) is 0 Å². The largest absolute Gasteiger partial charge is 0.394 e. The molecule has 56 valence electrons. The average molecular weight is 136 g/mol. The first-order valence-electron chi connectivity index (χ1n) is 3.13. The molecule has 0 aliphatic rings. The molecule has 0 aliphatic heterocycles. The van der Waals surface area contributed by atoms with Crippen molar-refractivity contribution in [1.82, 2.24) is 0 Å². The molecular weight excluding hydrogens is 123 g/mol. The first kappa shape index (κ1) is 8.85. The topological polar surface area (TPSA) is 29.5 Å². The molecule has 2 nitrogen and oxygen atoms in total. The molecule has 3 heteroatoms. The summed E-state index contributed by atoms with van der Waals surface area (Å²) in [6, 6.07) is 0. The molecule has 9 heavy (non-hydrogen) atoms. The van der Waals surface area contributed by atoms with Gasteiger partial charge in [-0.1, -0.05) is 0 Å². The zero-order valence-electron chi connectivity index (χ0n) is 5.64. The van der Waals surface area contributed by atoms with Crippen molar-refractivity contribution in [3.8, 4) is 0 Å². The summed E-state index contributed by atoms with van der Waals surface area (Å²) in [6.45, 7) is 1.84. The molecule has 0 bridgehead atoms.